The van der Waals surface area contributed by atoms with E-state index < -0.39 is 0 Å². The first-order valence-corrected chi connectivity index (χ1v) is 5.82. The van der Waals surface area contributed by atoms with Crippen LogP contribution >= 0.6 is 11.6 Å². The molecule has 2 rings (SSSR count). The largest absolute Gasteiger partial charge is 0.507 e. The van der Waals surface area contributed by atoms with Gasteiger partial charge in [-0.05, 0) is 22.9 Å². The lowest BCUT2D eigenvalue weighted by atomic mass is 10.1. The number of fused-ring (bicyclic) bond motifs is 1. The zero-order valence-electron chi connectivity index (χ0n) is 9.11. The van der Waals surface area contributed by atoms with E-state index in [1.807, 2.05) is 24.3 Å². The quantitative estimate of drug-likeness (QED) is 0.822. The number of carbonyl (C=O) groups excluding carboxylic acids is 1. The summed E-state index contributed by atoms with van der Waals surface area (Å²) in [6, 6.07) is 10.8. The molecule has 0 aliphatic rings. The maximum atomic E-state index is 11.7. The van der Waals surface area contributed by atoms with Gasteiger partial charge in [0, 0.05) is 12.4 Å². The molecular weight excluding hydrogens is 238 g/mol. The van der Waals surface area contributed by atoms with Crippen LogP contribution in [0.2, 0.25) is 0 Å². The zero-order valence-corrected chi connectivity index (χ0v) is 9.87. The van der Waals surface area contributed by atoms with E-state index in [0.29, 0.717) is 12.4 Å². The first-order valence-electron chi connectivity index (χ1n) is 5.28. The monoisotopic (exact) mass is 249 g/mol. The fourth-order valence-electron chi connectivity index (χ4n) is 1.67. The molecule has 0 spiro atoms. The van der Waals surface area contributed by atoms with Crippen LogP contribution in [0.15, 0.2) is 36.4 Å². The number of phenols is 1. The van der Waals surface area contributed by atoms with Crippen molar-refractivity contribution in [1.29, 1.82) is 0 Å². The van der Waals surface area contributed by atoms with Gasteiger partial charge in [-0.25, -0.2) is 0 Å². The second-order valence-corrected chi connectivity index (χ2v) is 4.04. The van der Waals surface area contributed by atoms with Crippen molar-refractivity contribution in [2.45, 2.75) is 0 Å². The maximum Gasteiger partial charge on any atom is 0.255 e. The summed E-state index contributed by atoms with van der Waals surface area (Å²) in [5.74, 6) is 0.0183. The van der Waals surface area contributed by atoms with E-state index >= 15 is 0 Å². The number of hydrogen-bond donors (Lipinski definition) is 2. The van der Waals surface area contributed by atoms with Gasteiger partial charge < -0.3 is 10.4 Å². The number of nitrogens with one attached hydrogen (secondary N) is 1. The molecule has 0 aliphatic carbocycles. The molecule has 17 heavy (non-hydrogen) atoms. The Hall–Kier alpha value is -1.74. The molecule has 2 aromatic carbocycles. The normalized spacial score (nSPS) is 10.4. The Morgan fingerprint density at radius 2 is 1.88 bits per heavy atom. The molecule has 0 radical (unpaired) electrons. The number of rotatable bonds is 3. The van der Waals surface area contributed by atoms with Gasteiger partial charge in [0.05, 0.1) is 5.56 Å². The summed E-state index contributed by atoms with van der Waals surface area (Å²) >= 11 is 5.49. The van der Waals surface area contributed by atoms with Crippen LogP contribution in [0.3, 0.4) is 0 Å². The van der Waals surface area contributed by atoms with Gasteiger partial charge in [0.25, 0.3) is 5.91 Å². The van der Waals surface area contributed by atoms with Gasteiger partial charge in [0.15, 0.2) is 0 Å². The zero-order chi connectivity index (χ0) is 12.3. The van der Waals surface area contributed by atoms with Crippen LogP contribution in [0.5, 0.6) is 5.75 Å². The van der Waals surface area contributed by atoms with Gasteiger partial charge in [-0.1, -0.05) is 24.3 Å². The molecule has 1 amide bonds. The van der Waals surface area contributed by atoms with Gasteiger partial charge in [-0.2, -0.15) is 0 Å². The SMILES string of the molecule is O=C(NCCCl)c1cc2ccccc2cc1O. The van der Waals surface area contributed by atoms with Crippen LogP contribution in [0.25, 0.3) is 10.8 Å². The average molecular weight is 250 g/mol. The summed E-state index contributed by atoms with van der Waals surface area (Å²) in [7, 11) is 0. The number of alkyl halides is 1. The Labute approximate surface area is 104 Å². The number of amides is 1. The Morgan fingerprint density at radius 3 is 2.53 bits per heavy atom. The fraction of sp³-hybridized carbons (Fsp3) is 0.154. The van der Waals surface area contributed by atoms with Crippen molar-refractivity contribution in [3.05, 3.63) is 42.0 Å². The highest BCUT2D eigenvalue weighted by Gasteiger charge is 2.11. The van der Waals surface area contributed by atoms with E-state index in [-0.39, 0.29) is 17.2 Å². The third kappa shape index (κ3) is 2.50. The number of hydrogen-bond acceptors (Lipinski definition) is 2. The van der Waals surface area contributed by atoms with Gasteiger partial charge in [-0.15, -0.1) is 11.6 Å². The Bertz CT molecular complexity index is 554. The van der Waals surface area contributed by atoms with Crippen LogP contribution in [-0.4, -0.2) is 23.4 Å². The summed E-state index contributed by atoms with van der Waals surface area (Å²) in [5.41, 5.74) is 0.272. The highest BCUT2D eigenvalue weighted by Crippen LogP contribution is 2.24. The molecule has 0 heterocycles. The van der Waals surface area contributed by atoms with Crippen LogP contribution in [0.4, 0.5) is 0 Å². The number of halogens is 1. The molecule has 2 N–H and O–H groups in total. The van der Waals surface area contributed by atoms with E-state index in [4.69, 9.17) is 11.6 Å². The Kier molecular flexibility index (Phi) is 3.49. The molecule has 0 aromatic heterocycles. The third-order valence-corrected chi connectivity index (χ3v) is 2.68. The molecule has 0 saturated heterocycles. The summed E-state index contributed by atoms with van der Waals surface area (Å²) in [4.78, 5) is 11.7. The lowest BCUT2D eigenvalue weighted by molar-refractivity contribution is 0.0953. The topological polar surface area (TPSA) is 49.3 Å². The van der Waals surface area contributed by atoms with Crippen molar-refractivity contribution in [1.82, 2.24) is 5.32 Å². The predicted molar refractivity (Wildman–Crippen MR) is 68.7 cm³/mol. The molecule has 0 aliphatic heterocycles. The molecule has 0 fully saturated rings. The lowest BCUT2D eigenvalue weighted by Gasteiger charge is -2.07. The van der Waals surface area contributed by atoms with Crippen molar-refractivity contribution in [3.8, 4) is 5.75 Å². The van der Waals surface area contributed by atoms with Crippen molar-refractivity contribution in [3.63, 3.8) is 0 Å². The summed E-state index contributed by atoms with van der Waals surface area (Å²) in [5, 5.41) is 14.2. The average Bonchev–Trinajstić information content (AvgIpc) is 2.35. The van der Waals surface area contributed by atoms with E-state index in [2.05, 4.69) is 5.32 Å². The second-order valence-electron chi connectivity index (χ2n) is 3.66. The number of carbonyl (C=O) groups is 1. The highest BCUT2D eigenvalue weighted by molar-refractivity contribution is 6.18. The predicted octanol–water partition coefficient (Wildman–Crippen LogP) is 2.51. The molecule has 0 atom stereocenters. The molecule has 0 unspecified atom stereocenters. The van der Waals surface area contributed by atoms with Crippen molar-refractivity contribution < 1.29 is 9.90 Å². The molecule has 0 bridgehead atoms. The summed E-state index contributed by atoms with van der Waals surface area (Å²) in [6.45, 7) is 0.382. The fourth-order valence-corrected chi connectivity index (χ4v) is 1.76. The van der Waals surface area contributed by atoms with Crippen LogP contribution in [0.1, 0.15) is 10.4 Å². The minimum absolute atomic E-state index is 0.0178. The van der Waals surface area contributed by atoms with Crippen molar-refractivity contribution in [2.75, 3.05) is 12.4 Å². The van der Waals surface area contributed by atoms with Crippen LogP contribution in [0, 0.1) is 0 Å². The smallest absolute Gasteiger partial charge is 0.255 e. The van der Waals surface area contributed by atoms with Crippen LogP contribution in [-0.2, 0) is 0 Å². The summed E-state index contributed by atoms with van der Waals surface area (Å²) < 4.78 is 0. The summed E-state index contributed by atoms with van der Waals surface area (Å²) in [6.07, 6.45) is 0. The molecule has 3 nitrogen and oxygen atoms in total. The van der Waals surface area contributed by atoms with Crippen molar-refractivity contribution in [2.24, 2.45) is 0 Å². The first-order chi connectivity index (χ1) is 8.22. The first kappa shape index (κ1) is 11.7. The minimum atomic E-state index is -0.311. The lowest BCUT2D eigenvalue weighted by Crippen LogP contribution is -2.25. The maximum absolute atomic E-state index is 11.7. The van der Waals surface area contributed by atoms with Gasteiger partial charge in [0.1, 0.15) is 5.75 Å². The number of benzene rings is 2. The number of aromatic hydroxyl groups is 1. The Morgan fingerprint density at radius 1 is 1.24 bits per heavy atom. The molecule has 2 aromatic rings. The van der Waals surface area contributed by atoms with Gasteiger partial charge in [0.2, 0.25) is 0 Å². The van der Waals surface area contributed by atoms with E-state index in [1.54, 1.807) is 12.1 Å². The van der Waals surface area contributed by atoms with E-state index in [9.17, 15) is 9.90 Å². The molecule has 4 heteroatoms. The third-order valence-electron chi connectivity index (χ3n) is 2.49. The molecular formula is C13H12ClNO2. The van der Waals surface area contributed by atoms with Crippen LogP contribution < -0.4 is 5.32 Å². The molecule has 88 valence electrons. The van der Waals surface area contributed by atoms with Gasteiger partial charge >= 0.3 is 0 Å². The highest BCUT2D eigenvalue weighted by atomic mass is 35.5. The Balaban J connectivity index is 2.40. The van der Waals surface area contributed by atoms with Crippen molar-refractivity contribution >= 4 is 28.3 Å². The number of phenolic OH excluding ortho intramolecular Hbond substituents is 1. The van der Waals surface area contributed by atoms with E-state index in [0.717, 1.165) is 10.8 Å². The standard InChI is InChI=1S/C13H12ClNO2/c14-5-6-15-13(17)11-7-9-3-1-2-4-10(9)8-12(11)16/h1-4,7-8,16H,5-6H2,(H,15,17). The molecule has 0 saturated carbocycles. The van der Waals surface area contributed by atoms with E-state index in [1.165, 1.54) is 0 Å². The van der Waals surface area contributed by atoms with Gasteiger partial charge in [-0.3, -0.25) is 4.79 Å². The minimum Gasteiger partial charge on any atom is -0.507 e. The second kappa shape index (κ2) is 5.06.